The van der Waals surface area contributed by atoms with Crippen LogP contribution in [0.1, 0.15) is 31.9 Å². The van der Waals surface area contributed by atoms with Crippen molar-refractivity contribution in [3.63, 3.8) is 0 Å². The number of benzene rings is 1. The van der Waals surface area contributed by atoms with Crippen molar-refractivity contribution in [2.45, 2.75) is 33.7 Å². The Hall–Kier alpha value is -1.02. The molecule has 14 heavy (non-hydrogen) atoms. The number of hydrogen-bond donors (Lipinski definition) is 2. The lowest BCUT2D eigenvalue weighted by Gasteiger charge is -2.18. The molecule has 0 amide bonds. The molecule has 0 aromatic heterocycles. The summed E-state index contributed by atoms with van der Waals surface area (Å²) in [5.41, 5.74) is 7.85. The van der Waals surface area contributed by atoms with Crippen molar-refractivity contribution in [3.8, 4) is 5.75 Å². The molecule has 3 N–H and O–H groups in total. The van der Waals surface area contributed by atoms with Crippen molar-refractivity contribution >= 4 is 0 Å². The average molecular weight is 193 g/mol. The lowest BCUT2D eigenvalue weighted by Crippen LogP contribution is -2.09. The highest BCUT2D eigenvalue weighted by Gasteiger charge is 2.12. The van der Waals surface area contributed by atoms with Crippen LogP contribution in [0.3, 0.4) is 0 Å². The zero-order chi connectivity index (χ0) is 10.8. The van der Waals surface area contributed by atoms with Crippen LogP contribution in [-0.2, 0) is 13.0 Å². The molecule has 0 spiro atoms. The molecule has 0 heterocycles. The van der Waals surface area contributed by atoms with Crippen molar-refractivity contribution in [2.24, 2.45) is 11.1 Å². The fourth-order valence-electron chi connectivity index (χ4n) is 1.52. The predicted octanol–water partition coefficient (Wildman–Crippen LogP) is 2.44. The Morgan fingerprint density at radius 3 is 2.43 bits per heavy atom. The second kappa shape index (κ2) is 4.01. The monoisotopic (exact) mass is 193 g/mol. The molecule has 0 saturated carbocycles. The van der Waals surface area contributed by atoms with E-state index in [1.54, 1.807) is 6.07 Å². The van der Waals surface area contributed by atoms with E-state index in [9.17, 15) is 5.11 Å². The molecule has 0 saturated heterocycles. The second-order valence-corrected chi connectivity index (χ2v) is 4.90. The Morgan fingerprint density at radius 2 is 1.93 bits per heavy atom. The summed E-state index contributed by atoms with van der Waals surface area (Å²) in [5.74, 6) is 0.296. The van der Waals surface area contributed by atoms with E-state index in [0.29, 0.717) is 12.3 Å². The topological polar surface area (TPSA) is 46.2 Å². The van der Waals surface area contributed by atoms with Gasteiger partial charge in [-0.2, -0.15) is 0 Å². The summed E-state index contributed by atoms with van der Waals surface area (Å²) in [6.45, 7) is 6.98. The van der Waals surface area contributed by atoms with Gasteiger partial charge in [0.05, 0.1) is 0 Å². The fraction of sp³-hybridized carbons (Fsp3) is 0.500. The maximum Gasteiger partial charge on any atom is 0.120 e. The molecule has 1 aromatic rings. The Balaban J connectivity index is 2.90. The minimum absolute atomic E-state index is 0.267. The molecule has 0 aliphatic carbocycles. The van der Waals surface area contributed by atoms with Crippen molar-refractivity contribution in [2.75, 3.05) is 0 Å². The van der Waals surface area contributed by atoms with Gasteiger partial charge in [-0.15, -0.1) is 0 Å². The number of nitrogens with two attached hydrogens (primary N) is 1. The van der Waals surface area contributed by atoms with Crippen LogP contribution in [0, 0.1) is 5.41 Å². The summed E-state index contributed by atoms with van der Waals surface area (Å²) in [5, 5.41) is 9.45. The molecule has 0 radical (unpaired) electrons. The highest BCUT2D eigenvalue weighted by atomic mass is 16.3. The lowest BCUT2D eigenvalue weighted by molar-refractivity contribution is 0.410. The standard InChI is InChI=1S/C12H19NO/c1-12(2,3)7-9-4-5-11(14)10(6-9)8-13/h4-6,14H,7-8,13H2,1-3H3. The summed E-state index contributed by atoms with van der Waals surface area (Å²) in [4.78, 5) is 0. The van der Waals surface area contributed by atoms with E-state index in [1.165, 1.54) is 5.56 Å². The minimum Gasteiger partial charge on any atom is -0.508 e. The zero-order valence-electron chi connectivity index (χ0n) is 9.17. The van der Waals surface area contributed by atoms with Crippen LogP contribution in [0.4, 0.5) is 0 Å². The number of phenols is 1. The summed E-state index contributed by atoms with van der Waals surface area (Å²) in [7, 11) is 0. The predicted molar refractivity (Wildman–Crippen MR) is 59.2 cm³/mol. The highest BCUT2D eigenvalue weighted by molar-refractivity contribution is 5.36. The molecule has 2 heteroatoms. The van der Waals surface area contributed by atoms with E-state index in [2.05, 4.69) is 20.8 Å². The molecule has 2 nitrogen and oxygen atoms in total. The molecule has 0 bridgehead atoms. The SMILES string of the molecule is CC(C)(C)Cc1ccc(O)c(CN)c1. The molecular weight excluding hydrogens is 174 g/mol. The average Bonchev–Trinajstić information content (AvgIpc) is 2.06. The lowest BCUT2D eigenvalue weighted by atomic mass is 9.87. The Bertz CT molecular complexity index is 313. The van der Waals surface area contributed by atoms with E-state index in [4.69, 9.17) is 5.73 Å². The van der Waals surface area contributed by atoms with Crippen LogP contribution in [0.5, 0.6) is 5.75 Å². The normalized spacial score (nSPS) is 11.7. The van der Waals surface area contributed by atoms with Crippen molar-refractivity contribution in [1.29, 1.82) is 0 Å². The molecule has 0 fully saturated rings. The van der Waals surface area contributed by atoms with Gasteiger partial charge in [-0.3, -0.25) is 0 Å². The molecule has 0 unspecified atom stereocenters. The first-order chi connectivity index (χ1) is 6.42. The van der Waals surface area contributed by atoms with Gasteiger partial charge in [0, 0.05) is 12.1 Å². The Morgan fingerprint density at radius 1 is 1.29 bits per heavy atom. The van der Waals surface area contributed by atoms with Gasteiger partial charge in [-0.1, -0.05) is 32.9 Å². The number of rotatable bonds is 2. The largest absolute Gasteiger partial charge is 0.508 e. The van der Waals surface area contributed by atoms with Gasteiger partial charge in [0.2, 0.25) is 0 Å². The van der Waals surface area contributed by atoms with Gasteiger partial charge in [-0.25, -0.2) is 0 Å². The van der Waals surface area contributed by atoms with Crippen LogP contribution >= 0.6 is 0 Å². The van der Waals surface area contributed by atoms with Gasteiger partial charge in [-0.05, 0) is 23.5 Å². The summed E-state index contributed by atoms with van der Waals surface area (Å²) in [6.07, 6.45) is 1.00. The van der Waals surface area contributed by atoms with Crippen LogP contribution in [0.25, 0.3) is 0 Å². The molecule has 0 atom stereocenters. The third-order valence-corrected chi connectivity index (χ3v) is 2.10. The quantitative estimate of drug-likeness (QED) is 0.757. The molecule has 78 valence electrons. The van der Waals surface area contributed by atoms with Gasteiger partial charge in [0.25, 0.3) is 0 Å². The van der Waals surface area contributed by atoms with Crippen molar-refractivity contribution in [1.82, 2.24) is 0 Å². The van der Waals surface area contributed by atoms with E-state index >= 15 is 0 Å². The minimum atomic E-state index is 0.267. The molecule has 0 aliphatic rings. The highest BCUT2D eigenvalue weighted by Crippen LogP contribution is 2.24. The van der Waals surface area contributed by atoms with E-state index in [0.717, 1.165) is 12.0 Å². The van der Waals surface area contributed by atoms with E-state index in [1.807, 2.05) is 12.1 Å². The fourth-order valence-corrected chi connectivity index (χ4v) is 1.52. The number of aromatic hydroxyl groups is 1. The maximum atomic E-state index is 9.45. The van der Waals surface area contributed by atoms with Gasteiger partial charge >= 0.3 is 0 Å². The number of phenolic OH excluding ortho intramolecular Hbond substituents is 1. The first kappa shape index (κ1) is 11.1. The molecular formula is C12H19NO. The zero-order valence-corrected chi connectivity index (χ0v) is 9.17. The molecule has 0 aliphatic heterocycles. The Labute approximate surface area is 85.8 Å². The van der Waals surface area contributed by atoms with E-state index < -0.39 is 0 Å². The Kier molecular flexibility index (Phi) is 3.17. The molecule has 1 rings (SSSR count). The number of hydrogen-bond acceptors (Lipinski definition) is 2. The maximum absolute atomic E-state index is 9.45. The van der Waals surface area contributed by atoms with Gasteiger partial charge in [0.15, 0.2) is 0 Å². The first-order valence-electron chi connectivity index (χ1n) is 4.93. The van der Waals surface area contributed by atoms with Crippen LogP contribution < -0.4 is 5.73 Å². The third-order valence-electron chi connectivity index (χ3n) is 2.10. The first-order valence-corrected chi connectivity index (χ1v) is 4.93. The summed E-state index contributed by atoms with van der Waals surface area (Å²) < 4.78 is 0. The summed E-state index contributed by atoms with van der Waals surface area (Å²) >= 11 is 0. The third kappa shape index (κ3) is 3.04. The van der Waals surface area contributed by atoms with E-state index in [-0.39, 0.29) is 5.41 Å². The van der Waals surface area contributed by atoms with Crippen LogP contribution in [0.15, 0.2) is 18.2 Å². The van der Waals surface area contributed by atoms with Crippen molar-refractivity contribution < 1.29 is 5.11 Å². The van der Waals surface area contributed by atoms with Gasteiger partial charge in [0.1, 0.15) is 5.75 Å². The summed E-state index contributed by atoms with van der Waals surface area (Å²) in [6, 6.07) is 5.67. The van der Waals surface area contributed by atoms with Gasteiger partial charge < -0.3 is 10.8 Å². The smallest absolute Gasteiger partial charge is 0.120 e. The second-order valence-electron chi connectivity index (χ2n) is 4.90. The van der Waals surface area contributed by atoms with Crippen molar-refractivity contribution in [3.05, 3.63) is 29.3 Å². The van der Waals surface area contributed by atoms with Crippen LogP contribution in [-0.4, -0.2) is 5.11 Å². The van der Waals surface area contributed by atoms with Crippen LogP contribution in [0.2, 0.25) is 0 Å². The molecule has 1 aromatic carbocycles.